The zero-order valence-corrected chi connectivity index (χ0v) is 15.3. The zero-order chi connectivity index (χ0) is 20.6. The fourth-order valence-electron chi connectivity index (χ4n) is 2.74. The van der Waals surface area contributed by atoms with Crippen LogP contribution < -0.4 is 10.6 Å². The van der Waals surface area contributed by atoms with Gasteiger partial charge >= 0.3 is 12.2 Å². The molecule has 29 heavy (non-hydrogen) atoms. The van der Waals surface area contributed by atoms with E-state index in [0.29, 0.717) is 23.5 Å². The normalized spacial score (nSPS) is 11.6. The highest BCUT2D eigenvalue weighted by Crippen LogP contribution is 2.33. The first-order valence-electron chi connectivity index (χ1n) is 8.27. The molecule has 10 heteroatoms. The van der Waals surface area contributed by atoms with E-state index >= 15 is 0 Å². The Kier molecular flexibility index (Phi) is 4.71. The van der Waals surface area contributed by atoms with E-state index in [4.69, 9.17) is 0 Å². The van der Waals surface area contributed by atoms with Crippen molar-refractivity contribution in [1.82, 2.24) is 9.38 Å². The Balaban J connectivity index is 1.50. The third-order valence-corrected chi connectivity index (χ3v) is 4.81. The summed E-state index contributed by atoms with van der Waals surface area (Å²) in [6.07, 6.45) is -1.13. The van der Waals surface area contributed by atoms with Gasteiger partial charge in [-0.2, -0.15) is 13.2 Å². The molecule has 0 saturated carbocycles. The lowest BCUT2D eigenvalue weighted by Gasteiger charge is -2.12. The summed E-state index contributed by atoms with van der Waals surface area (Å²) < 4.78 is 53.6. The van der Waals surface area contributed by atoms with Crippen LogP contribution >= 0.6 is 11.3 Å². The number of aromatic nitrogens is 2. The number of benzene rings is 2. The van der Waals surface area contributed by atoms with Crippen LogP contribution in [0.4, 0.5) is 33.7 Å². The number of fused-ring (bicyclic) bond motifs is 1. The predicted octanol–water partition coefficient (Wildman–Crippen LogP) is 5.86. The molecule has 0 bridgehead atoms. The third-order valence-electron chi connectivity index (χ3n) is 4.04. The molecule has 4 rings (SSSR count). The molecular weight excluding hydrogens is 408 g/mol. The number of nitrogens with zero attached hydrogens (tertiary/aromatic N) is 2. The quantitative estimate of drug-likeness (QED) is 0.408. The lowest BCUT2D eigenvalue weighted by Crippen LogP contribution is -2.20. The molecule has 0 fully saturated rings. The van der Waals surface area contributed by atoms with Crippen molar-refractivity contribution in [3.63, 3.8) is 0 Å². The van der Waals surface area contributed by atoms with Crippen LogP contribution in [-0.4, -0.2) is 15.4 Å². The van der Waals surface area contributed by atoms with Crippen LogP contribution in [-0.2, 0) is 6.18 Å². The van der Waals surface area contributed by atoms with Crippen molar-refractivity contribution < 1.29 is 22.4 Å². The average molecular weight is 420 g/mol. The highest BCUT2D eigenvalue weighted by Gasteiger charge is 2.34. The van der Waals surface area contributed by atoms with Gasteiger partial charge in [0.15, 0.2) is 4.96 Å². The van der Waals surface area contributed by atoms with Crippen LogP contribution in [0.15, 0.2) is 60.2 Å². The van der Waals surface area contributed by atoms with Gasteiger partial charge in [0.2, 0.25) is 0 Å². The number of urea groups is 1. The van der Waals surface area contributed by atoms with Crippen molar-refractivity contribution >= 4 is 33.7 Å². The van der Waals surface area contributed by atoms with Crippen molar-refractivity contribution in [2.45, 2.75) is 6.18 Å². The maximum absolute atomic E-state index is 13.4. The van der Waals surface area contributed by atoms with Gasteiger partial charge in [-0.1, -0.05) is 12.1 Å². The number of halogens is 4. The molecule has 0 radical (unpaired) electrons. The first kappa shape index (κ1) is 18.9. The fourth-order valence-corrected chi connectivity index (χ4v) is 3.44. The Hall–Kier alpha value is -3.40. The molecule has 0 aliphatic rings. The fraction of sp³-hybridized carbons (Fsp3) is 0.0526. The summed E-state index contributed by atoms with van der Waals surface area (Å²) in [5.74, 6) is -1.41. The Bertz CT molecular complexity index is 1170. The van der Waals surface area contributed by atoms with Crippen molar-refractivity contribution in [2.75, 3.05) is 10.6 Å². The number of hydrogen-bond donors (Lipinski definition) is 2. The SMILES string of the molecule is O=C(Nc1cccc(-c2cn3ccsc3n2)c1)Nc1ccc(F)c(C(F)(F)F)c1. The highest BCUT2D eigenvalue weighted by molar-refractivity contribution is 7.15. The summed E-state index contributed by atoms with van der Waals surface area (Å²) in [5, 5.41) is 6.73. The number of rotatable bonds is 3. The first-order valence-corrected chi connectivity index (χ1v) is 9.15. The van der Waals surface area contributed by atoms with Gasteiger partial charge in [0, 0.05) is 34.7 Å². The number of carbonyl (C=O) groups excluding carboxylic acids is 1. The Morgan fingerprint density at radius 3 is 2.55 bits per heavy atom. The second kappa shape index (κ2) is 7.21. The molecule has 0 unspecified atom stereocenters. The lowest BCUT2D eigenvalue weighted by molar-refractivity contribution is -0.139. The minimum Gasteiger partial charge on any atom is -0.308 e. The number of nitrogens with one attached hydrogen (secondary N) is 2. The minimum absolute atomic E-state index is 0.179. The average Bonchev–Trinajstić information content (AvgIpc) is 3.24. The molecule has 0 saturated heterocycles. The van der Waals surface area contributed by atoms with Gasteiger partial charge in [-0.25, -0.2) is 14.2 Å². The third kappa shape index (κ3) is 4.06. The van der Waals surface area contributed by atoms with Crippen molar-refractivity contribution in [1.29, 1.82) is 0 Å². The molecule has 0 atom stereocenters. The van der Waals surface area contributed by atoms with E-state index in [9.17, 15) is 22.4 Å². The molecule has 0 aliphatic heterocycles. The Labute approximate surface area is 165 Å². The number of alkyl halides is 3. The van der Waals surface area contributed by atoms with Gasteiger partial charge in [-0.15, -0.1) is 11.3 Å². The Morgan fingerprint density at radius 1 is 1.07 bits per heavy atom. The van der Waals surface area contributed by atoms with Crippen LogP contribution in [0.2, 0.25) is 0 Å². The van der Waals surface area contributed by atoms with E-state index in [-0.39, 0.29) is 5.69 Å². The summed E-state index contributed by atoms with van der Waals surface area (Å²) in [5.41, 5.74) is 0.280. The second-order valence-electron chi connectivity index (χ2n) is 6.07. The number of thiazole rings is 1. The molecule has 2 heterocycles. The van der Waals surface area contributed by atoms with Crippen molar-refractivity contribution in [3.05, 3.63) is 71.6 Å². The Morgan fingerprint density at radius 2 is 1.83 bits per heavy atom. The van der Waals surface area contributed by atoms with Gasteiger partial charge in [-0.05, 0) is 30.3 Å². The summed E-state index contributed by atoms with van der Waals surface area (Å²) in [4.78, 5) is 17.5. The van der Waals surface area contributed by atoms with Crippen LogP contribution in [0.5, 0.6) is 0 Å². The molecule has 148 valence electrons. The van der Waals surface area contributed by atoms with Crippen LogP contribution in [0.1, 0.15) is 5.56 Å². The molecule has 2 N–H and O–H groups in total. The monoisotopic (exact) mass is 420 g/mol. The number of imidazole rings is 1. The topological polar surface area (TPSA) is 58.4 Å². The van der Waals surface area contributed by atoms with Gasteiger partial charge in [0.1, 0.15) is 5.82 Å². The van der Waals surface area contributed by atoms with Gasteiger partial charge in [0.05, 0.1) is 11.3 Å². The van der Waals surface area contributed by atoms with Gasteiger partial charge < -0.3 is 10.6 Å². The second-order valence-corrected chi connectivity index (χ2v) is 6.94. The lowest BCUT2D eigenvalue weighted by atomic mass is 10.1. The van der Waals surface area contributed by atoms with E-state index in [1.165, 1.54) is 11.3 Å². The number of carbonyl (C=O) groups is 1. The molecule has 0 spiro atoms. The van der Waals surface area contributed by atoms with Crippen LogP contribution in [0.25, 0.3) is 16.2 Å². The largest absolute Gasteiger partial charge is 0.419 e. The summed E-state index contributed by atoms with van der Waals surface area (Å²) in [7, 11) is 0. The number of anilines is 2. The van der Waals surface area contributed by atoms with Crippen LogP contribution in [0.3, 0.4) is 0 Å². The van der Waals surface area contributed by atoms with E-state index in [1.54, 1.807) is 18.2 Å². The van der Waals surface area contributed by atoms with Crippen LogP contribution in [0, 0.1) is 5.82 Å². The molecular formula is C19H12F4N4OS. The molecule has 2 aromatic carbocycles. The molecule has 5 nitrogen and oxygen atoms in total. The van der Waals surface area contributed by atoms with E-state index in [0.717, 1.165) is 16.6 Å². The zero-order valence-electron chi connectivity index (χ0n) is 14.5. The van der Waals surface area contributed by atoms with Crippen molar-refractivity contribution in [3.8, 4) is 11.3 Å². The van der Waals surface area contributed by atoms with Gasteiger partial charge in [-0.3, -0.25) is 4.40 Å². The molecule has 2 aromatic heterocycles. The van der Waals surface area contributed by atoms with E-state index in [2.05, 4.69) is 15.6 Å². The smallest absolute Gasteiger partial charge is 0.308 e. The summed E-state index contributed by atoms with van der Waals surface area (Å²) in [6.45, 7) is 0. The highest BCUT2D eigenvalue weighted by atomic mass is 32.1. The predicted molar refractivity (Wildman–Crippen MR) is 103 cm³/mol. The number of amides is 2. The summed E-state index contributed by atoms with van der Waals surface area (Å²) in [6, 6.07) is 8.37. The van der Waals surface area contributed by atoms with Crippen molar-refractivity contribution in [2.24, 2.45) is 0 Å². The molecule has 0 aliphatic carbocycles. The summed E-state index contributed by atoms with van der Waals surface area (Å²) >= 11 is 1.49. The molecule has 2 amide bonds. The van der Waals surface area contributed by atoms with Gasteiger partial charge in [0.25, 0.3) is 0 Å². The number of hydrogen-bond acceptors (Lipinski definition) is 3. The van der Waals surface area contributed by atoms with E-state index < -0.39 is 23.6 Å². The minimum atomic E-state index is -4.86. The molecule has 4 aromatic rings. The maximum atomic E-state index is 13.4. The first-order chi connectivity index (χ1) is 13.8. The maximum Gasteiger partial charge on any atom is 0.419 e. The van der Waals surface area contributed by atoms with E-state index in [1.807, 2.05) is 28.2 Å². The standard InChI is InChI=1S/C19H12F4N4OS/c20-15-5-4-13(9-14(15)19(21,22)23)25-17(28)24-12-3-1-2-11(8-12)16-10-27-6-7-29-18(27)26-16/h1-10H,(H2,24,25,28).